The number of halogens is 2. The quantitative estimate of drug-likeness (QED) is 0.307. The van der Waals surface area contributed by atoms with E-state index in [1.807, 2.05) is 19.9 Å². The summed E-state index contributed by atoms with van der Waals surface area (Å²) in [6, 6.07) is 0. The largest absolute Gasteiger partial charge is 0.422 e. The van der Waals surface area contributed by atoms with E-state index in [0.29, 0.717) is 17.6 Å². The molecule has 0 rings (SSSR count). The highest BCUT2D eigenvalue weighted by Gasteiger charge is 2.09. The van der Waals surface area contributed by atoms with Crippen LogP contribution in [0.4, 0.5) is 0 Å². The van der Waals surface area contributed by atoms with Gasteiger partial charge in [0.15, 0.2) is 51.8 Å². The van der Waals surface area contributed by atoms with E-state index in [-0.39, 0.29) is 0 Å². The van der Waals surface area contributed by atoms with E-state index in [2.05, 4.69) is 11.6 Å². The molecule has 0 unspecified atom stereocenters. The summed E-state index contributed by atoms with van der Waals surface area (Å²) in [4.78, 5) is 3.92. The Hall–Kier alpha value is 0.210. The Morgan fingerprint density at radius 3 is 2.31 bits per heavy atom. The van der Waals surface area contributed by atoms with Gasteiger partial charge in [-0.05, 0) is 12.0 Å². The van der Waals surface area contributed by atoms with Crippen LogP contribution < -0.4 is 0 Å². The van der Waals surface area contributed by atoms with Gasteiger partial charge in [0.05, 0.1) is 0 Å². The van der Waals surface area contributed by atoms with E-state index in [1.54, 1.807) is 46.0 Å². The fraction of sp³-hybridized carbons (Fsp3) is 0.375. The van der Waals surface area contributed by atoms with Crippen LogP contribution in [0.15, 0.2) is 29.6 Å². The second kappa shape index (κ2) is 7.60. The molecule has 0 amide bonds. The van der Waals surface area contributed by atoms with Gasteiger partial charge in [0.2, 0.25) is 0 Å². The molecule has 5 heteroatoms. The Balaban J connectivity index is 4.72. The van der Waals surface area contributed by atoms with E-state index >= 15 is 0 Å². The van der Waals surface area contributed by atoms with E-state index < -0.39 is 0 Å². The lowest BCUT2D eigenvalue weighted by molar-refractivity contribution is 0.551. The maximum Gasteiger partial charge on any atom is 0.267 e. The summed E-state index contributed by atoms with van der Waals surface area (Å²) in [6.07, 6.45) is 3.34. The number of allylic oxidation sites excluding steroid dienone is 1. The summed E-state index contributed by atoms with van der Waals surface area (Å²) in [5.74, 6) is 1.43. The normalized spacial score (nSPS) is 13.0. The van der Waals surface area contributed by atoms with E-state index in [9.17, 15) is 0 Å². The van der Waals surface area contributed by atoms with Crippen molar-refractivity contribution in [3.63, 3.8) is 0 Å². The molecule has 0 aromatic carbocycles. The third kappa shape index (κ3) is 5.50. The molecule has 0 heterocycles. The van der Waals surface area contributed by atoms with E-state index in [4.69, 9.17) is 6.13 Å². The zero-order chi connectivity index (χ0) is 10.3. The molecule has 0 spiro atoms. The maximum absolute atomic E-state index is 5.09. The average molecular weight is 407 g/mol. The molecule has 74 valence electrons. The third-order valence-corrected chi connectivity index (χ3v) is 1.95. The molecule has 0 aromatic heterocycles. The van der Waals surface area contributed by atoms with E-state index in [1.165, 1.54) is 6.20 Å². The van der Waals surface area contributed by atoms with Gasteiger partial charge in [-0.3, -0.25) is 0 Å². The minimum absolute atomic E-state index is 0.381. The minimum Gasteiger partial charge on any atom is -0.422 e. The van der Waals surface area contributed by atoms with Crippen molar-refractivity contribution in [1.29, 1.82) is 0 Å². The van der Waals surface area contributed by atoms with Crippen molar-refractivity contribution in [3.05, 3.63) is 24.6 Å². The van der Waals surface area contributed by atoms with Crippen LogP contribution in [0, 0.1) is 5.92 Å². The SMILES string of the molecule is C=CN=C(OI)/C(=C\C(C)C)OI. The summed E-state index contributed by atoms with van der Waals surface area (Å²) in [5.41, 5.74) is 0. The molecule has 0 atom stereocenters. The first-order valence-corrected chi connectivity index (χ1v) is 5.40. The molecular weight excluding hydrogens is 396 g/mol. The first kappa shape index (κ1) is 13.2. The van der Waals surface area contributed by atoms with Gasteiger partial charge in [-0.1, -0.05) is 20.4 Å². The van der Waals surface area contributed by atoms with Gasteiger partial charge in [0.25, 0.3) is 5.90 Å². The summed E-state index contributed by atoms with van der Waals surface area (Å²) >= 11 is 3.55. The number of rotatable bonds is 4. The maximum atomic E-state index is 5.09. The molecule has 0 saturated heterocycles. The topological polar surface area (TPSA) is 30.8 Å². The van der Waals surface area contributed by atoms with Crippen molar-refractivity contribution < 1.29 is 6.13 Å². The smallest absolute Gasteiger partial charge is 0.267 e. The van der Waals surface area contributed by atoms with Gasteiger partial charge < -0.3 is 6.13 Å². The van der Waals surface area contributed by atoms with Crippen LogP contribution in [0.5, 0.6) is 0 Å². The molecular formula is C8H11I2NO2. The second-order valence-electron chi connectivity index (χ2n) is 2.55. The predicted molar refractivity (Wildman–Crippen MR) is 70.8 cm³/mol. The monoisotopic (exact) mass is 407 g/mol. The molecule has 0 radical (unpaired) electrons. The molecule has 0 aliphatic carbocycles. The molecule has 3 nitrogen and oxygen atoms in total. The van der Waals surface area contributed by atoms with Crippen molar-refractivity contribution in [1.82, 2.24) is 0 Å². The second-order valence-corrected chi connectivity index (χ2v) is 3.43. The molecule has 0 aliphatic heterocycles. The summed E-state index contributed by atoms with van der Waals surface area (Å²) in [5, 5.41) is 0. The van der Waals surface area contributed by atoms with Crippen molar-refractivity contribution in [3.8, 4) is 0 Å². The molecule has 0 saturated carbocycles. The Morgan fingerprint density at radius 1 is 1.38 bits per heavy atom. The minimum atomic E-state index is 0.381. The lowest BCUT2D eigenvalue weighted by atomic mass is 10.2. The first-order valence-electron chi connectivity index (χ1n) is 3.63. The van der Waals surface area contributed by atoms with Crippen LogP contribution in [0.1, 0.15) is 13.8 Å². The lowest BCUT2D eigenvalue weighted by Crippen LogP contribution is -2.03. The summed E-state index contributed by atoms with van der Waals surface area (Å²) < 4.78 is 10.1. The number of aliphatic imine (C=N–C) groups is 1. The Bertz CT molecular complexity index is 224. The van der Waals surface area contributed by atoms with Crippen molar-refractivity contribution in [2.24, 2.45) is 10.9 Å². The van der Waals surface area contributed by atoms with Crippen LogP contribution in [-0.2, 0) is 6.13 Å². The Kier molecular flexibility index (Phi) is 7.72. The number of hydrogen-bond acceptors (Lipinski definition) is 3. The van der Waals surface area contributed by atoms with Crippen LogP contribution >= 0.6 is 46.0 Å². The molecule has 13 heavy (non-hydrogen) atoms. The van der Waals surface area contributed by atoms with Crippen molar-refractivity contribution >= 4 is 51.9 Å². The standard InChI is InChI=1S/C8H11I2NO2/c1-4-11-8(13-10)7(12-9)5-6(2)3/h4-6H,1H2,2-3H3/b7-5+,11-8?. The highest BCUT2D eigenvalue weighted by molar-refractivity contribution is 14.1. The lowest BCUT2D eigenvalue weighted by Gasteiger charge is -2.05. The first-order chi connectivity index (χ1) is 6.15. The van der Waals surface area contributed by atoms with Crippen LogP contribution in [0.2, 0.25) is 0 Å². The van der Waals surface area contributed by atoms with Gasteiger partial charge in [0.1, 0.15) is 0 Å². The van der Waals surface area contributed by atoms with Crippen molar-refractivity contribution in [2.45, 2.75) is 13.8 Å². The molecule has 0 N–H and O–H groups in total. The predicted octanol–water partition coefficient (Wildman–Crippen LogP) is 3.80. The van der Waals surface area contributed by atoms with Gasteiger partial charge in [-0.2, -0.15) is 0 Å². The molecule has 0 aliphatic rings. The summed E-state index contributed by atoms with van der Waals surface area (Å²) in [7, 11) is 0. The van der Waals surface area contributed by atoms with Gasteiger partial charge >= 0.3 is 0 Å². The van der Waals surface area contributed by atoms with Gasteiger partial charge in [0, 0.05) is 6.20 Å². The third-order valence-electron chi connectivity index (χ3n) is 1.06. The highest BCUT2D eigenvalue weighted by Crippen LogP contribution is 2.13. The average Bonchev–Trinajstić information content (AvgIpc) is 2.10. The molecule has 0 bridgehead atoms. The van der Waals surface area contributed by atoms with Crippen LogP contribution in [0.25, 0.3) is 0 Å². The number of hydrogen-bond donors (Lipinski definition) is 0. The van der Waals surface area contributed by atoms with Gasteiger partial charge in [-0.15, -0.1) is 0 Å². The highest BCUT2D eigenvalue weighted by atomic mass is 127. The fourth-order valence-electron chi connectivity index (χ4n) is 0.637. The molecule has 0 fully saturated rings. The summed E-state index contributed by atoms with van der Waals surface area (Å²) in [6.45, 7) is 7.59. The van der Waals surface area contributed by atoms with Crippen molar-refractivity contribution in [2.75, 3.05) is 0 Å². The Labute approximate surface area is 107 Å². The Morgan fingerprint density at radius 2 is 2.00 bits per heavy atom. The zero-order valence-corrected chi connectivity index (χ0v) is 11.8. The zero-order valence-electron chi connectivity index (χ0n) is 7.46. The number of nitrogens with zero attached hydrogens (tertiary/aromatic N) is 1. The van der Waals surface area contributed by atoms with Crippen LogP contribution in [-0.4, -0.2) is 5.90 Å². The van der Waals surface area contributed by atoms with E-state index in [0.717, 1.165) is 0 Å². The fourth-order valence-corrected chi connectivity index (χ4v) is 1.30. The van der Waals surface area contributed by atoms with Crippen LogP contribution in [0.3, 0.4) is 0 Å². The van der Waals surface area contributed by atoms with Gasteiger partial charge in [-0.25, -0.2) is 4.99 Å². The molecule has 0 aromatic rings.